The molecule has 3 rings (SSSR count). The van der Waals surface area contributed by atoms with Crippen molar-refractivity contribution in [3.63, 3.8) is 0 Å². The Bertz CT molecular complexity index is 639. The van der Waals surface area contributed by atoms with Crippen molar-refractivity contribution in [1.82, 2.24) is 4.98 Å². The predicted octanol–water partition coefficient (Wildman–Crippen LogP) is 3.39. The lowest BCUT2D eigenvalue weighted by molar-refractivity contribution is 0.0550. The average Bonchev–Trinajstić information content (AvgIpc) is 2.82. The number of aromatic nitrogens is 1. The van der Waals surface area contributed by atoms with E-state index >= 15 is 0 Å². The number of aryl methyl sites for hydroxylation is 2. The fourth-order valence-electron chi connectivity index (χ4n) is 2.75. The molecule has 1 heterocycles. The van der Waals surface area contributed by atoms with E-state index in [0.29, 0.717) is 5.56 Å². The molecule has 1 N–H and O–H groups in total. The van der Waals surface area contributed by atoms with Crippen LogP contribution in [0.15, 0.2) is 30.9 Å². The van der Waals surface area contributed by atoms with Gasteiger partial charge in [0.25, 0.3) is 0 Å². The molecule has 2 aromatic rings. The van der Waals surface area contributed by atoms with Crippen molar-refractivity contribution in [2.24, 2.45) is 0 Å². The lowest BCUT2D eigenvalue weighted by atomic mass is 9.95. The van der Waals surface area contributed by atoms with Crippen molar-refractivity contribution in [2.75, 3.05) is 6.61 Å². The van der Waals surface area contributed by atoms with Crippen molar-refractivity contribution >= 4 is 16.9 Å². The zero-order valence-corrected chi connectivity index (χ0v) is 10.9. The molecule has 0 amide bonds. The normalized spacial score (nSPS) is 14.1. The van der Waals surface area contributed by atoms with Crippen LogP contribution >= 0.6 is 0 Å². The molecule has 3 heteroatoms. The predicted molar refractivity (Wildman–Crippen MR) is 75.4 cm³/mol. The standard InChI is InChI=1S/C16H17NO2/c1-2-9-19-16(18)11-7-8-15-13(10-11)12-5-3-4-6-14(12)17-15/h2,7-8,10,17H,1,3-6,9H2. The molecule has 19 heavy (non-hydrogen) atoms. The third-order valence-corrected chi connectivity index (χ3v) is 3.67. The van der Waals surface area contributed by atoms with Crippen LogP contribution in [0.1, 0.15) is 34.5 Å². The number of hydrogen-bond donors (Lipinski definition) is 1. The van der Waals surface area contributed by atoms with Gasteiger partial charge in [0, 0.05) is 16.6 Å². The molecule has 3 nitrogen and oxygen atoms in total. The molecule has 98 valence electrons. The molecule has 1 aromatic heterocycles. The second-order valence-electron chi connectivity index (χ2n) is 4.94. The number of nitrogens with one attached hydrogen (secondary N) is 1. The summed E-state index contributed by atoms with van der Waals surface area (Å²) in [6, 6.07) is 5.73. The van der Waals surface area contributed by atoms with Gasteiger partial charge in [-0.2, -0.15) is 0 Å². The van der Waals surface area contributed by atoms with E-state index in [1.54, 1.807) is 6.08 Å². The number of aromatic amines is 1. The van der Waals surface area contributed by atoms with E-state index in [1.807, 2.05) is 18.2 Å². The minimum atomic E-state index is -0.285. The topological polar surface area (TPSA) is 42.1 Å². The molecule has 0 aliphatic heterocycles. The second-order valence-corrected chi connectivity index (χ2v) is 4.94. The number of esters is 1. The van der Waals surface area contributed by atoms with Crippen LogP contribution in [-0.4, -0.2) is 17.6 Å². The Kier molecular flexibility index (Phi) is 3.11. The minimum Gasteiger partial charge on any atom is -0.458 e. The molecule has 0 fully saturated rings. The Labute approximate surface area is 112 Å². The summed E-state index contributed by atoms with van der Waals surface area (Å²) < 4.78 is 5.08. The lowest BCUT2D eigenvalue weighted by Gasteiger charge is -2.10. The number of carbonyl (C=O) groups excluding carboxylic acids is 1. The molecule has 0 bridgehead atoms. The molecule has 1 aliphatic rings. The summed E-state index contributed by atoms with van der Waals surface area (Å²) in [6.07, 6.45) is 6.26. The summed E-state index contributed by atoms with van der Waals surface area (Å²) in [5.41, 5.74) is 4.44. The Morgan fingerprint density at radius 2 is 2.21 bits per heavy atom. The Hall–Kier alpha value is -2.03. The van der Waals surface area contributed by atoms with E-state index < -0.39 is 0 Å². The summed E-state index contributed by atoms with van der Waals surface area (Å²) >= 11 is 0. The van der Waals surface area contributed by atoms with Gasteiger partial charge in [-0.3, -0.25) is 0 Å². The SMILES string of the molecule is C=CCOC(=O)c1ccc2[nH]c3c(c2c1)CCCC3. The van der Waals surface area contributed by atoms with Crippen LogP contribution in [0.25, 0.3) is 10.9 Å². The molecular formula is C16H17NO2. The molecule has 0 unspecified atom stereocenters. The fraction of sp³-hybridized carbons (Fsp3) is 0.312. The van der Waals surface area contributed by atoms with E-state index in [9.17, 15) is 4.79 Å². The van der Waals surface area contributed by atoms with Gasteiger partial charge in [-0.15, -0.1) is 0 Å². The van der Waals surface area contributed by atoms with Crippen LogP contribution in [-0.2, 0) is 17.6 Å². The molecule has 0 atom stereocenters. The number of ether oxygens (including phenoxy) is 1. The third kappa shape index (κ3) is 2.16. The highest BCUT2D eigenvalue weighted by molar-refractivity contribution is 5.96. The highest BCUT2D eigenvalue weighted by atomic mass is 16.5. The zero-order chi connectivity index (χ0) is 13.2. The first-order chi connectivity index (χ1) is 9.29. The van der Waals surface area contributed by atoms with E-state index in [1.165, 1.54) is 29.5 Å². The summed E-state index contributed by atoms with van der Waals surface area (Å²) in [6.45, 7) is 3.80. The lowest BCUT2D eigenvalue weighted by Crippen LogP contribution is -2.05. The molecule has 0 saturated heterocycles. The second kappa shape index (κ2) is 4.92. The van der Waals surface area contributed by atoms with Gasteiger partial charge in [-0.05, 0) is 49.4 Å². The maximum Gasteiger partial charge on any atom is 0.338 e. The molecule has 0 radical (unpaired) electrons. The van der Waals surface area contributed by atoms with Gasteiger partial charge in [-0.25, -0.2) is 4.79 Å². The van der Waals surface area contributed by atoms with Crippen molar-refractivity contribution in [2.45, 2.75) is 25.7 Å². The summed E-state index contributed by atoms with van der Waals surface area (Å²) in [5.74, 6) is -0.285. The summed E-state index contributed by atoms with van der Waals surface area (Å²) in [4.78, 5) is 15.3. The van der Waals surface area contributed by atoms with Crippen molar-refractivity contribution < 1.29 is 9.53 Å². The Balaban J connectivity index is 2.00. The molecule has 0 spiro atoms. The van der Waals surface area contributed by atoms with Gasteiger partial charge in [0.1, 0.15) is 6.61 Å². The smallest absolute Gasteiger partial charge is 0.338 e. The van der Waals surface area contributed by atoms with Crippen LogP contribution in [0.2, 0.25) is 0 Å². The largest absolute Gasteiger partial charge is 0.458 e. The van der Waals surface area contributed by atoms with Gasteiger partial charge in [0.2, 0.25) is 0 Å². The van der Waals surface area contributed by atoms with E-state index in [-0.39, 0.29) is 12.6 Å². The minimum absolute atomic E-state index is 0.252. The average molecular weight is 255 g/mol. The van der Waals surface area contributed by atoms with E-state index in [0.717, 1.165) is 18.4 Å². The van der Waals surface area contributed by atoms with E-state index in [4.69, 9.17) is 4.74 Å². The number of hydrogen-bond acceptors (Lipinski definition) is 2. The van der Waals surface area contributed by atoms with E-state index in [2.05, 4.69) is 11.6 Å². The van der Waals surface area contributed by atoms with Crippen molar-refractivity contribution in [3.05, 3.63) is 47.7 Å². The third-order valence-electron chi connectivity index (χ3n) is 3.67. The maximum absolute atomic E-state index is 11.9. The number of benzene rings is 1. The number of H-pyrrole nitrogens is 1. The van der Waals surface area contributed by atoms with Crippen LogP contribution < -0.4 is 0 Å². The first-order valence-corrected chi connectivity index (χ1v) is 6.71. The first-order valence-electron chi connectivity index (χ1n) is 6.71. The highest BCUT2D eigenvalue weighted by Gasteiger charge is 2.16. The monoisotopic (exact) mass is 255 g/mol. The van der Waals surface area contributed by atoms with Crippen LogP contribution in [0, 0.1) is 0 Å². The molecule has 0 saturated carbocycles. The van der Waals surface area contributed by atoms with Crippen LogP contribution in [0.3, 0.4) is 0 Å². The Morgan fingerprint density at radius 1 is 1.37 bits per heavy atom. The summed E-state index contributed by atoms with van der Waals surface area (Å²) in [7, 11) is 0. The number of carbonyl (C=O) groups is 1. The first kappa shape index (κ1) is 12.0. The molecule has 1 aromatic carbocycles. The number of fused-ring (bicyclic) bond motifs is 3. The highest BCUT2D eigenvalue weighted by Crippen LogP contribution is 2.29. The van der Waals surface area contributed by atoms with Crippen LogP contribution in [0.4, 0.5) is 0 Å². The quantitative estimate of drug-likeness (QED) is 0.674. The molecule has 1 aliphatic carbocycles. The van der Waals surface area contributed by atoms with Crippen LogP contribution in [0.5, 0.6) is 0 Å². The van der Waals surface area contributed by atoms with Gasteiger partial charge < -0.3 is 9.72 Å². The summed E-state index contributed by atoms with van der Waals surface area (Å²) in [5, 5.41) is 1.17. The van der Waals surface area contributed by atoms with Gasteiger partial charge in [0.05, 0.1) is 5.56 Å². The zero-order valence-electron chi connectivity index (χ0n) is 10.9. The van der Waals surface area contributed by atoms with Gasteiger partial charge in [0.15, 0.2) is 0 Å². The Morgan fingerprint density at radius 3 is 3.05 bits per heavy atom. The fourth-order valence-corrected chi connectivity index (χ4v) is 2.75. The number of rotatable bonds is 3. The van der Waals surface area contributed by atoms with Gasteiger partial charge >= 0.3 is 5.97 Å². The molecular weight excluding hydrogens is 238 g/mol. The van der Waals surface area contributed by atoms with Crippen molar-refractivity contribution in [3.8, 4) is 0 Å². The maximum atomic E-state index is 11.9. The van der Waals surface area contributed by atoms with Crippen molar-refractivity contribution in [1.29, 1.82) is 0 Å². The van der Waals surface area contributed by atoms with Gasteiger partial charge in [-0.1, -0.05) is 12.7 Å².